The second kappa shape index (κ2) is 9.79. The number of benzene rings is 2. The van der Waals surface area contributed by atoms with Gasteiger partial charge in [0.15, 0.2) is 0 Å². The maximum absolute atomic E-state index is 13.3. The fourth-order valence-electron chi connectivity index (χ4n) is 3.87. The Morgan fingerprint density at radius 1 is 1.10 bits per heavy atom. The minimum absolute atomic E-state index is 0.0970. The SMILES string of the molecule is CN(C)c1ccc(CN(CC2CCCO2)C(=O)Cc2cnn(-c3ccccc3)c2)cc1. The summed E-state index contributed by atoms with van der Waals surface area (Å²) < 4.78 is 7.63. The topological polar surface area (TPSA) is 50.6 Å². The summed E-state index contributed by atoms with van der Waals surface area (Å²) in [5.74, 6) is 0.0970. The molecule has 0 bridgehead atoms. The molecule has 0 spiro atoms. The van der Waals surface area contributed by atoms with Crippen LogP contribution in [0.1, 0.15) is 24.0 Å². The number of ether oxygens (including phenoxy) is 1. The van der Waals surface area contributed by atoms with E-state index in [1.165, 1.54) is 0 Å². The minimum atomic E-state index is 0.0970. The first-order chi connectivity index (χ1) is 15.1. The van der Waals surface area contributed by atoms with Crippen molar-refractivity contribution in [1.82, 2.24) is 14.7 Å². The lowest BCUT2D eigenvalue weighted by Crippen LogP contribution is -2.37. The van der Waals surface area contributed by atoms with Crippen LogP contribution in [-0.4, -0.2) is 53.9 Å². The third kappa shape index (κ3) is 5.52. The third-order valence-electron chi connectivity index (χ3n) is 5.64. The van der Waals surface area contributed by atoms with Crippen LogP contribution in [0.3, 0.4) is 0 Å². The summed E-state index contributed by atoms with van der Waals surface area (Å²) in [6, 6.07) is 18.3. The summed E-state index contributed by atoms with van der Waals surface area (Å²) in [4.78, 5) is 17.3. The molecule has 1 aromatic heterocycles. The predicted molar refractivity (Wildman–Crippen MR) is 122 cm³/mol. The third-order valence-corrected chi connectivity index (χ3v) is 5.64. The van der Waals surface area contributed by atoms with Crippen molar-refractivity contribution in [1.29, 1.82) is 0 Å². The summed E-state index contributed by atoms with van der Waals surface area (Å²) in [6.45, 7) is 1.99. The Morgan fingerprint density at radius 3 is 2.55 bits per heavy atom. The molecule has 6 nitrogen and oxygen atoms in total. The Balaban J connectivity index is 1.46. The Morgan fingerprint density at radius 2 is 1.87 bits per heavy atom. The quantitative estimate of drug-likeness (QED) is 0.560. The van der Waals surface area contributed by atoms with Gasteiger partial charge in [0.25, 0.3) is 0 Å². The minimum Gasteiger partial charge on any atom is -0.378 e. The van der Waals surface area contributed by atoms with Gasteiger partial charge in [-0.05, 0) is 48.2 Å². The van der Waals surface area contributed by atoms with Crippen molar-refractivity contribution in [2.45, 2.75) is 31.9 Å². The summed E-state index contributed by atoms with van der Waals surface area (Å²) in [5, 5.41) is 4.43. The van der Waals surface area contributed by atoms with Crippen LogP contribution in [0.25, 0.3) is 5.69 Å². The van der Waals surface area contributed by atoms with Gasteiger partial charge in [0.05, 0.1) is 24.4 Å². The standard InChI is InChI=1S/C25H30N4O2/c1-27(2)22-12-10-20(11-13-22)17-28(19-24-9-6-14-31-24)25(30)15-21-16-26-29(18-21)23-7-4-3-5-8-23/h3-5,7-8,10-13,16,18,24H,6,9,14-15,17,19H2,1-2H3. The van der Waals surface area contributed by atoms with E-state index in [4.69, 9.17) is 4.74 Å². The molecule has 162 valence electrons. The molecule has 1 atom stereocenters. The van der Waals surface area contributed by atoms with E-state index >= 15 is 0 Å². The highest BCUT2D eigenvalue weighted by molar-refractivity contribution is 5.78. The average Bonchev–Trinajstić information content (AvgIpc) is 3.46. The molecule has 0 N–H and O–H groups in total. The van der Waals surface area contributed by atoms with Crippen molar-refractivity contribution in [3.05, 3.63) is 78.1 Å². The number of anilines is 1. The molecule has 3 aromatic rings. The number of carbonyl (C=O) groups is 1. The van der Waals surface area contributed by atoms with Gasteiger partial charge in [0.2, 0.25) is 5.91 Å². The lowest BCUT2D eigenvalue weighted by Gasteiger charge is -2.26. The zero-order chi connectivity index (χ0) is 21.6. The number of hydrogen-bond donors (Lipinski definition) is 0. The van der Waals surface area contributed by atoms with Crippen molar-refractivity contribution < 1.29 is 9.53 Å². The summed E-state index contributed by atoms with van der Waals surface area (Å²) in [6.07, 6.45) is 6.24. The maximum Gasteiger partial charge on any atom is 0.227 e. The van der Waals surface area contributed by atoms with E-state index in [-0.39, 0.29) is 12.0 Å². The normalized spacial score (nSPS) is 15.7. The molecule has 0 radical (unpaired) electrons. The number of aromatic nitrogens is 2. The van der Waals surface area contributed by atoms with Gasteiger partial charge in [-0.1, -0.05) is 30.3 Å². The number of para-hydroxylation sites is 1. The van der Waals surface area contributed by atoms with Gasteiger partial charge in [0, 0.05) is 45.7 Å². The molecular weight excluding hydrogens is 388 g/mol. The van der Waals surface area contributed by atoms with Crippen LogP contribution in [-0.2, 0) is 22.5 Å². The van der Waals surface area contributed by atoms with Crippen molar-refractivity contribution in [3.8, 4) is 5.69 Å². The predicted octanol–water partition coefficient (Wildman–Crippen LogP) is 3.69. The van der Waals surface area contributed by atoms with Gasteiger partial charge < -0.3 is 14.5 Å². The molecule has 1 unspecified atom stereocenters. The molecule has 1 saturated heterocycles. The molecule has 31 heavy (non-hydrogen) atoms. The maximum atomic E-state index is 13.3. The first-order valence-corrected chi connectivity index (χ1v) is 10.8. The van der Waals surface area contributed by atoms with Crippen LogP contribution in [0.2, 0.25) is 0 Å². The fraction of sp³-hybridized carbons (Fsp3) is 0.360. The molecule has 0 aliphatic carbocycles. The van der Waals surface area contributed by atoms with Gasteiger partial charge in [-0.15, -0.1) is 0 Å². The number of carbonyl (C=O) groups excluding carboxylic acids is 1. The monoisotopic (exact) mass is 418 g/mol. The molecule has 1 fully saturated rings. The lowest BCUT2D eigenvalue weighted by atomic mass is 10.1. The van der Waals surface area contributed by atoms with Crippen LogP contribution >= 0.6 is 0 Å². The Labute approximate surface area is 184 Å². The van der Waals surface area contributed by atoms with Gasteiger partial charge in [-0.3, -0.25) is 4.79 Å². The van der Waals surface area contributed by atoms with Crippen LogP contribution in [0.4, 0.5) is 5.69 Å². The highest BCUT2D eigenvalue weighted by Gasteiger charge is 2.23. The average molecular weight is 419 g/mol. The summed E-state index contributed by atoms with van der Waals surface area (Å²) in [5.41, 5.74) is 4.17. The Bertz CT molecular complexity index is 976. The zero-order valence-electron chi connectivity index (χ0n) is 18.3. The molecule has 4 rings (SSSR count). The lowest BCUT2D eigenvalue weighted by molar-refractivity contribution is -0.132. The first kappa shape index (κ1) is 21.1. The highest BCUT2D eigenvalue weighted by atomic mass is 16.5. The second-order valence-electron chi connectivity index (χ2n) is 8.28. The number of rotatable bonds is 8. The molecule has 0 saturated carbocycles. The van der Waals surface area contributed by atoms with Crippen LogP contribution in [0.5, 0.6) is 0 Å². The first-order valence-electron chi connectivity index (χ1n) is 10.8. The van der Waals surface area contributed by atoms with Crippen molar-refractivity contribution in [2.24, 2.45) is 0 Å². The fourth-order valence-corrected chi connectivity index (χ4v) is 3.87. The van der Waals surface area contributed by atoms with E-state index < -0.39 is 0 Å². The number of hydrogen-bond acceptors (Lipinski definition) is 4. The highest BCUT2D eigenvalue weighted by Crippen LogP contribution is 2.18. The van der Waals surface area contributed by atoms with E-state index in [2.05, 4.69) is 34.3 Å². The number of nitrogens with zero attached hydrogens (tertiary/aromatic N) is 4. The molecule has 6 heteroatoms. The van der Waals surface area contributed by atoms with Crippen molar-refractivity contribution in [3.63, 3.8) is 0 Å². The van der Waals surface area contributed by atoms with Gasteiger partial charge >= 0.3 is 0 Å². The second-order valence-corrected chi connectivity index (χ2v) is 8.28. The summed E-state index contributed by atoms with van der Waals surface area (Å²) >= 11 is 0. The molecule has 1 aliphatic heterocycles. The molecule has 1 aliphatic rings. The summed E-state index contributed by atoms with van der Waals surface area (Å²) in [7, 11) is 4.05. The van der Waals surface area contributed by atoms with Gasteiger partial charge in [-0.2, -0.15) is 5.10 Å². The Kier molecular flexibility index (Phi) is 6.67. The Hall–Kier alpha value is -3.12. The van der Waals surface area contributed by atoms with Crippen LogP contribution < -0.4 is 4.90 Å². The van der Waals surface area contributed by atoms with Gasteiger partial charge in [-0.25, -0.2) is 4.68 Å². The van der Waals surface area contributed by atoms with Gasteiger partial charge in [0.1, 0.15) is 0 Å². The van der Waals surface area contributed by atoms with E-state index in [0.717, 1.165) is 42.0 Å². The molecule has 2 aromatic carbocycles. The van der Waals surface area contributed by atoms with Crippen LogP contribution in [0.15, 0.2) is 67.0 Å². The van der Waals surface area contributed by atoms with Crippen LogP contribution in [0, 0.1) is 0 Å². The van der Waals surface area contributed by atoms with Crippen molar-refractivity contribution >= 4 is 11.6 Å². The number of amides is 1. The smallest absolute Gasteiger partial charge is 0.227 e. The van der Waals surface area contributed by atoms with E-state index in [0.29, 0.717) is 19.5 Å². The van der Waals surface area contributed by atoms with Crippen molar-refractivity contribution in [2.75, 3.05) is 32.1 Å². The van der Waals surface area contributed by atoms with E-state index in [9.17, 15) is 4.79 Å². The molecule has 1 amide bonds. The largest absolute Gasteiger partial charge is 0.378 e. The molecular formula is C25H30N4O2. The molecule has 2 heterocycles. The van der Waals surface area contributed by atoms with E-state index in [1.807, 2.05) is 60.2 Å². The van der Waals surface area contributed by atoms with E-state index in [1.54, 1.807) is 6.20 Å². The zero-order valence-corrected chi connectivity index (χ0v) is 18.3.